The molecular weight excluding hydrogens is 408 g/mol. The second-order valence-electron chi connectivity index (χ2n) is 8.67. The molecule has 0 radical (unpaired) electrons. The molecule has 2 aromatic carbocycles. The van der Waals surface area contributed by atoms with Crippen LogP contribution in [0.15, 0.2) is 42.5 Å². The van der Waals surface area contributed by atoms with Crippen LogP contribution in [0.3, 0.4) is 0 Å². The summed E-state index contributed by atoms with van der Waals surface area (Å²) in [5.41, 5.74) is 6.21. The summed E-state index contributed by atoms with van der Waals surface area (Å²) in [7, 11) is 0. The Hall–Kier alpha value is -1.65. The van der Waals surface area contributed by atoms with Crippen molar-refractivity contribution in [3.8, 4) is 0 Å². The standard InChI is InChI=1S/C26H30O2S2/c1-4-28-24(27)21-11-8-19(9-12-21)6-7-20-10-13-22-23(18-20)26(15-14-25(22,2)3)29-16-5-17-30-26/h6-13,18H,4-5,14-17H2,1-3H3. The van der Waals surface area contributed by atoms with E-state index in [1.54, 1.807) is 0 Å². The van der Waals surface area contributed by atoms with Gasteiger partial charge in [0.2, 0.25) is 0 Å². The smallest absolute Gasteiger partial charge is 0.338 e. The van der Waals surface area contributed by atoms with E-state index < -0.39 is 0 Å². The zero-order valence-electron chi connectivity index (χ0n) is 18.1. The van der Waals surface area contributed by atoms with E-state index >= 15 is 0 Å². The van der Waals surface area contributed by atoms with Crippen LogP contribution >= 0.6 is 23.5 Å². The van der Waals surface area contributed by atoms with Crippen LogP contribution in [0.5, 0.6) is 0 Å². The van der Waals surface area contributed by atoms with Crippen molar-refractivity contribution in [3.05, 3.63) is 70.3 Å². The number of carbonyl (C=O) groups is 1. The third-order valence-corrected chi connectivity index (χ3v) is 9.58. The summed E-state index contributed by atoms with van der Waals surface area (Å²) in [6, 6.07) is 14.6. The van der Waals surface area contributed by atoms with Crippen molar-refractivity contribution < 1.29 is 9.53 Å². The number of rotatable bonds is 4. The molecular formula is C26H30O2S2. The summed E-state index contributed by atoms with van der Waals surface area (Å²) < 4.78 is 5.29. The van der Waals surface area contributed by atoms with Gasteiger partial charge >= 0.3 is 5.97 Å². The summed E-state index contributed by atoms with van der Waals surface area (Å²) in [4.78, 5) is 11.8. The van der Waals surface area contributed by atoms with Crippen LogP contribution < -0.4 is 0 Å². The SMILES string of the molecule is CCOC(=O)c1ccc(C=Cc2ccc3c(c2)C2(CCC3(C)C)SCCCS2)cc1. The van der Waals surface area contributed by atoms with Gasteiger partial charge in [0.25, 0.3) is 0 Å². The van der Waals surface area contributed by atoms with Gasteiger partial charge in [-0.3, -0.25) is 0 Å². The molecule has 0 aromatic heterocycles. The van der Waals surface area contributed by atoms with Gasteiger partial charge in [0.15, 0.2) is 0 Å². The summed E-state index contributed by atoms with van der Waals surface area (Å²) in [6.45, 7) is 6.99. The highest BCUT2D eigenvalue weighted by Gasteiger charge is 2.44. The lowest BCUT2D eigenvalue weighted by Crippen LogP contribution is -2.35. The van der Waals surface area contributed by atoms with E-state index in [0.717, 1.165) is 5.56 Å². The van der Waals surface area contributed by atoms with Gasteiger partial charge in [-0.1, -0.05) is 50.3 Å². The van der Waals surface area contributed by atoms with Gasteiger partial charge in [0, 0.05) is 0 Å². The van der Waals surface area contributed by atoms with Crippen LogP contribution in [0, 0.1) is 0 Å². The molecule has 1 aliphatic carbocycles. The summed E-state index contributed by atoms with van der Waals surface area (Å²) in [5, 5.41) is 0. The lowest BCUT2D eigenvalue weighted by molar-refractivity contribution is 0.0526. The highest BCUT2D eigenvalue weighted by Crippen LogP contribution is 2.59. The van der Waals surface area contributed by atoms with Gasteiger partial charge in [-0.15, -0.1) is 23.5 Å². The Morgan fingerprint density at radius 1 is 0.967 bits per heavy atom. The number of ether oxygens (including phenoxy) is 1. The summed E-state index contributed by atoms with van der Waals surface area (Å²) in [5.74, 6) is 2.26. The maximum Gasteiger partial charge on any atom is 0.338 e. The van der Waals surface area contributed by atoms with Crippen molar-refractivity contribution in [3.63, 3.8) is 0 Å². The molecule has 2 nitrogen and oxygen atoms in total. The predicted octanol–water partition coefficient (Wildman–Crippen LogP) is 7.13. The second kappa shape index (κ2) is 8.84. The quantitative estimate of drug-likeness (QED) is 0.375. The molecule has 1 heterocycles. The lowest BCUT2D eigenvalue weighted by Gasteiger charge is -2.46. The fraction of sp³-hybridized carbons (Fsp3) is 0.423. The van der Waals surface area contributed by atoms with Gasteiger partial charge in [-0.2, -0.15) is 0 Å². The van der Waals surface area contributed by atoms with Crippen LogP contribution in [-0.2, 0) is 14.2 Å². The molecule has 0 saturated carbocycles. The van der Waals surface area contributed by atoms with Crippen molar-refractivity contribution >= 4 is 41.6 Å². The number of thioether (sulfide) groups is 2. The molecule has 30 heavy (non-hydrogen) atoms. The molecule has 0 N–H and O–H groups in total. The number of hydrogen-bond donors (Lipinski definition) is 0. The number of carbonyl (C=O) groups excluding carboxylic acids is 1. The Labute approximate surface area is 188 Å². The molecule has 1 saturated heterocycles. The van der Waals surface area contributed by atoms with Crippen LogP contribution in [0.2, 0.25) is 0 Å². The summed E-state index contributed by atoms with van der Waals surface area (Å²) in [6.07, 6.45) is 8.13. The molecule has 0 atom stereocenters. The van der Waals surface area contributed by atoms with Gasteiger partial charge in [0.1, 0.15) is 0 Å². The van der Waals surface area contributed by atoms with Crippen molar-refractivity contribution in [2.75, 3.05) is 18.1 Å². The lowest BCUT2D eigenvalue weighted by atomic mass is 9.72. The Morgan fingerprint density at radius 3 is 2.33 bits per heavy atom. The predicted molar refractivity (Wildman–Crippen MR) is 131 cm³/mol. The molecule has 0 bridgehead atoms. The molecule has 2 aromatic rings. The molecule has 2 aliphatic rings. The first kappa shape index (κ1) is 21.6. The normalized spacial score (nSPS) is 19.6. The molecule has 4 heteroatoms. The van der Waals surface area contributed by atoms with E-state index in [-0.39, 0.29) is 15.5 Å². The third kappa shape index (κ3) is 4.36. The minimum Gasteiger partial charge on any atom is -0.462 e. The van der Waals surface area contributed by atoms with E-state index in [1.807, 2.05) is 31.2 Å². The average molecular weight is 439 g/mol. The zero-order chi connectivity index (χ0) is 21.2. The Kier molecular flexibility index (Phi) is 6.36. The average Bonchev–Trinajstić information content (AvgIpc) is 2.77. The van der Waals surface area contributed by atoms with E-state index in [2.05, 4.69) is 67.7 Å². The topological polar surface area (TPSA) is 26.3 Å². The van der Waals surface area contributed by atoms with E-state index in [1.165, 1.54) is 47.5 Å². The molecule has 158 valence electrons. The number of benzene rings is 2. The second-order valence-corrected chi connectivity index (χ2v) is 11.7. The Balaban J connectivity index is 1.60. The number of hydrogen-bond acceptors (Lipinski definition) is 4. The molecule has 0 unspecified atom stereocenters. The van der Waals surface area contributed by atoms with Crippen molar-refractivity contribution in [1.29, 1.82) is 0 Å². The molecule has 0 amide bonds. The van der Waals surface area contributed by atoms with E-state index in [0.29, 0.717) is 12.2 Å². The minimum absolute atomic E-state index is 0.230. The highest BCUT2D eigenvalue weighted by atomic mass is 32.2. The molecule has 4 rings (SSSR count). The van der Waals surface area contributed by atoms with Crippen molar-refractivity contribution in [1.82, 2.24) is 0 Å². The zero-order valence-corrected chi connectivity index (χ0v) is 19.7. The largest absolute Gasteiger partial charge is 0.462 e. The first-order valence-corrected chi connectivity index (χ1v) is 12.8. The number of fused-ring (bicyclic) bond motifs is 2. The first-order chi connectivity index (χ1) is 14.4. The van der Waals surface area contributed by atoms with Crippen LogP contribution in [0.25, 0.3) is 12.2 Å². The maximum atomic E-state index is 11.8. The molecule has 1 aliphatic heterocycles. The van der Waals surface area contributed by atoms with Crippen LogP contribution in [0.1, 0.15) is 72.6 Å². The van der Waals surface area contributed by atoms with Gasteiger partial charge in [0.05, 0.1) is 16.2 Å². The monoisotopic (exact) mass is 438 g/mol. The van der Waals surface area contributed by atoms with Gasteiger partial charge in [-0.25, -0.2) is 4.79 Å². The van der Waals surface area contributed by atoms with Gasteiger partial charge in [-0.05, 0) is 83.6 Å². The van der Waals surface area contributed by atoms with E-state index in [9.17, 15) is 4.79 Å². The van der Waals surface area contributed by atoms with E-state index in [4.69, 9.17) is 4.74 Å². The van der Waals surface area contributed by atoms with Crippen molar-refractivity contribution in [2.24, 2.45) is 0 Å². The molecule has 1 fully saturated rings. The van der Waals surface area contributed by atoms with Crippen LogP contribution in [0.4, 0.5) is 0 Å². The summed E-state index contributed by atoms with van der Waals surface area (Å²) >= 11 is 4.31. The Morgan fingerprint density at radius 2 is 1.63 bits per heavy atom. The van der Waals surface area contributed by atoms with Crippen LogP contribution in [-0.4, -0.2) is 24.1 Å². The maximum absolute atomic E-state index is 11.8. The Bertz CT molecular complexity index is 938. The third-order valence-electron chi connectivity index (χ3n) is 6.11. The van der Waals surface area contributed by atoms with Gasteiger partial charge < -0.3 is 4.74 Å². The highest BCUT2D eigenvalue weighted by molar-refractivity contribution is 8.18. The minimum atomic E-state index is -0.266. The fourth-order valence-electron chi connectivity index (χ4n) is 4.33. The first-order valence-electron chi connectivity index (χ1n) is 10.8. The van der Waals surface area contributed by atoms with Crippen molar-refractivity contribution in [2.45, 2.75) is 49.5 Å². The molecule has 1 spiro atoms. The number of esters is 1. The fourth-order valence-corrected chi connectivity index (χ4v) is 7.72.